The smallest absolute Gasteiger partial charge is 0.0386 e. The van der Waals surface area contributed by atoms with E-state index >= 15 is 0 Å². The molecular formula is C6H12. The van der Waals surface area contributed by atoms with Gasteiger partial charge in [0.1, 0.15) is 0 Å². The first kappa shape index (κ1) is 6.00. The fraction of sp³-hybridized carbons (Fsp3) is 0.667. The topological polar surface area (TPSA) is 0 Å². The minimum Gasteiger partial charge on any atom is -0.0620 e. The normalized spacial score (nSPS) is 10.0. The standard InChI is InChI=1S/C6H12/c1-4-6(3)5-2/h4-6H,1-3H3. The van der Waals surface area contributed by atoms with E-state index in [-0.39, 0.29) is 0 Å². The zero-order chi connectivity index (χ0) is 4.99. The number of rotatable bonds is 2. The Kier molecular flexibility index (Phi) is 3.20. The van der Waals surface area contributed by atoms with Gasteiger partial charge >= 0.3 is 0 Å². The van der Waals surface area contributed by atoms with Crippen molar-refractivity contribution in [2.75, 3.05) is 0 Å². The summed E-state index contributed by atoms with van der Waals surface area (Å²) < 4.78 is 0. The highest BCUT2D eigenvalue weighted by Crippen LogP contribution is 2.00. The maximum Gasteiger partial charge on any atom is -0.0386 e. The maximum atomic E-state index is 2.17. The Balaban J connectivity index is 2.75. The lowest BCUT2D eigenvalue weighted by molar-refractivity contribution is 0.786. The van der Waals surface area contributed by atoms with Crippen LogP contribution in [0.25, 0.3) is 0 Å². The molecule has 0 N–H and O–H groups in total. The van der Waals surface area contributed by atoms with Crippen LogP contribution in [-0.4, -0.2) is 0 Å². The minimum atomic E-state index is 0.685. The Bertz CT molecular complexity index is 19.2. The molecule has 0 fully saturated rings. The van der Waals surface area contributed by atoms with Crippen LogP contribution in [0.15, 0.2) is 0 Å². The van der Waals surface area contributed by atoms with Crippen molar-refractivity contribution >= 4 is 0 Å². The lowest BCUT2D eigenvalue weighted by atomic mass is 10.1. The van der Waals surface area contributed by atoms with Crippen molar-refractivity contribution in [3.63, 3.8) is 0 Å². The van der Waals surface area contributed by atoms with Gasteiger partial charge in [-0.25, -0.2) is 0 Å². The van der Waals surface area contributed by atoms with Crippen molar-refractivity contribution in [2.24, 2.45) is 5.92 Å². The summed E-state index contributed by atoms with van der Waals surface area (Å²) in [5.41, 5.74) is 0. The van der Waals surface area contributed by atoms with Crippen molar-refractivity contribution in [3.8, 4) is 0 Å². The largest absolute Gasteiger partial charge is 0.0620 e. The van der Waals surface area contributed by atoms with Crippen LogP contribution in [0.3, 0.4) is 0 Å². The Morgan fingerprint density at radius 3 is 1.50 bits per heavy atom. The molecule has 0 aliphatic rings. The van der Waals surface area contributed by atoms with Gasteiger partial charge in [0.25, 0.3) is 0 Å². The van der Waals surface area contributed by atoms with Gasteiger partial charge in [0.05, 0.1) is 0 Å². The Morgan fingerprint density at radius 1 is 1.17 bits per heavy atom. The second-order valence-corrected chi connectivity index (χ2v) is 1.53. The molecule has 2 radical (unpaired) electrons. The second-order valence-electron chi connectivity index (χ2n) is 1.53. The van der Waals surface area contributed by atoms with Gasteiger partial charge in [0.2, 0.25) is 0 Å². The third-order valence-corrected chi connectivity index (χ3v) is 1.05. The third-order valence-electron chi connectivity index (χ3n) is 1.05. The van der Waals surface area contributed by atoms with E-state index in [0.717, 1.165) is 0 Å². The van der Waals surface area contributed by atoms with E-state index in [2.05, 4.69) is 33.6 Å². The summed E-state index contributed by atoms with van der Waals surface area (Å²) in [7, 11) is 0. The number of hydrogen-bond acceptors (Lipinski definition) is 0. The molecule has 0 aromatic rings. The predicted octanol–water partition coefficient (Wildman–Crippen LogP) is 2.07. The van der Waals surface area contributed by atoms with E-state index in [1.165, 1.54) is 0 Å². The molecule has 0 aromatic carbocycles. The van der Waals surface area contributed by atoms with Gasteiger partial charge in [-0.05, 0) is 18.8 Å². The summed E-state index contributed by atoms with van der Waals surface area (Å²) in [5, 5.41) is 0. The highest BCUT2D eigenvalue weighted by Gasteiger charge is 1.89. The van der Waals surface area contributed by atoms with Gasteiger partial charge in [-0.15, -0.1) is 0 Å². The zero-order valence-corrected chi connectivity index (χ0v) is 4.73. The van der Waals surface area contributed by atoms with Crippen LogP contribution in [-0.2, 0) is 0 Å². The maximum absolute atomic E-state index is 2.17. The summed E-state index contributed by atoms with van der Waals surface area (Å²) in [6.07, 6.45) is 4.33. The van der Waals surface area contributed by atoms with Crippen molar-refractivity contribution in [3.05, 3.63) is 12.8 Å². The lowest BCUT2D eigenvalue weighted by Gasteiger charge is -1.97. The molecule has 6 heavy (non-hydrogen) atoms. The van der Waals surface area contributed by atoms with Gasteiger partial charge in [-0.2, -0.15) is 0 Å². The Labute approximate surface area is 40.6 Å². The molecule has 0 aliphatic carbocycles. The molecule has 0 amide bonds. The summed E-state index contributed by atoms with van der Waals surface area (Å²) in [6, 6.07) is 0. The van der Waals surface area contributed by atoms with Crippen molar-refractivity contribution in [2.45, 2.75) is 20.8 Å². The molecule has 0 aliphatic heterocycles. The number of hydrogen-bond donors (Lipinski definition) is 0. The fourth-order valence-corrected chi connectivity index (χ4v) is 0.192. The molecule has 0 heteroatoms. The molecular weight excluding hydrogens is 72.1 g/mol. The average Bonchev–Trinajstić information content (AvgIpc) is 1.65. The Hall–Kier alpha value is 0. The molecule has 0 heterocycles. The quantitative estimate of drug-likeness (QED) is 0.480. The Morgan fingerprint density at radius 2 is 1.50 bits per heavy atom. The molecule has 0 bridgehead atoms. The molecule has 0 unspecified atom stereocenters. The lowest BCUT2D eigenvalue weighted by Crippen LogP contribution is -1.87. The summed E-state index contributed by atoms with van der Waals surface area (Å²) >= 11 is 0. The summed E-state index contributed by atoms with van der Waals surface area (Å²) in [6.45, 7) is 6.31. The van der Waals surface area contributed by atoms with Crippen molar-refractivity contribution < 1.29 is 0 Å². The van der Waals surface area contributed by atoms with Crippen LogP contribution >= 0.6 is 0 Å². The highest BCUT2D eigenvalue weighted by molar-refractivity contribution is 4.76. The molecule has 0 saturated heterocycles. The first-order valence-electron chi connectivity index (χ1n) is 2.40. The van der Waals surface area contributed by atoms with Gasteiger partial charge in [0, 0.05) is 0 Å². The molecule has 0 rings (SSSR count). The molecule has 0 atom stereocenters. The third kappa shape index (κ3) is 2.25. The second kappa shape index (κ2) is 3.20. The monoisotopic (exact) mass is 84.1 g/mol. The predicted molar refractivity (Wildman–Crippen MR) is 29.1 cm³/mol. The molecule has 0 nitrogen and oxygen atoms in total. The SMILES string of the molecule is C[CH]C(C)[CH]C. The molecule has 36 valence electrons. The van der Waals surface area contributed by atoms with E-state index in [1.807, 2.05) is 0 Å². The highest BCUT2D eigenvalue weighted by atomic mass is 13.9. The van der Waals surface area contributed by atoms with E-state index in [9.17, 15) is 0 Å². The van der Waals surface area contributed by atoms with Crippen LogP contribution in [0.1, 0.15) is 20.8 Å². The molecule has 0 spiro atoms. The van der Waals surface area contributed by atoms with E-state index in [4.69, 9.17) is 0 Å². The summed E-state index contributed by atoms with van der Waals surface area (Å²) in [5.74, 6) is 0.685. The van der Waals surface area contributed by atoms with Crippen LogP contribution in [0.2, 0.25) is 0 Å². The van der Waals surface area contributed by atoms with E-state index < -0.39 is 0 Å². The van der Waals surface area contributed by atoms with Crippen LogP contribution < -0.4 is 0 Å². The molecule has 0 saturated carbocycles. The first-order chi connectivity index (χ1) is 2.81. The van der Waals surface area contributed by atoms with Crippen LogP contribution in [0.4, 0.5) is 0 Å². The first-order valence-corrected chi connectivity index (χ1v) is 2.40. The molecule has 0 aromatic heterocycles. The van der Waals surface area contributed by atoms with Gasteiger partial charge < -0.3 is 0 Å². The average molecular weight is 84.2 g/mol. The van der Waals surface area contributed by atoms with Crippen LogP contribution in [0.5, 0.6) is 0 Å². The fourth-order valence-electron chi connectivity index (χ4n) is 0.192. The van der Waals surface area contributed by atoms with Crippen LogP contribution in [0, 0.1) is 18.8 Å². The van der Waals surface area contributed by atoms with E-state index in [1.54, 1.807) is 0 Å². The van der Waals surface area contributed by atoms with E-state index in [0.29, 0.717) is 5.92 Å². The summed E-state index contributed by atoms with van der Waals surface area (Å²) in [4.78, 5) is 0. The van der Waals surface area contributed by atoms with Gasteiger partial charge in [-0.1, -0.05) is 20.8 Å². The van der Waals surface area contributed by atoms with Gasteiger partial charge in [0.15, 0.2) is 0 Å². The van der Waals surface area contributed by atoms with Crippen molar-refractivity contribution in [1.29, 1.82) is 0 Å². The zero-order valence-electron chi connectivity index (χ0n) is 4.73. The van der Waals surface area contributed by atoms with Crippen molar-refractivity contribution in [1.82, 2.24) is 0 Å². The minimum absolute atomic E-state index is 0.685. The van der Waals surface area contributed by atoms with Gasteiger partial charge in [-0.3, -0.25) is 0 Å².